The number of amides is 2. The fourth-order valence-electron chi connectivity index (χ4n) is 3.51. The fraction of sp³-hybridized carbons (Fsp3) is 0.600. The van der Waals surface area contributed by atoms with Crippen LogP contribution in [0.15, 0.2) is 24.3 Å². The first-order valence-electron chi connectivity index (χ1n) is 9.75. The lowest BCUT2D eigenvalue weighted by Gasteiger charge is -2.31. The molecular formula is C20H30N4O2. The molecule has 0 bridgehead atoms. The molecule has 0 saturated carbocycles. The number of likely N-dealkylation sites (tertiary alicyclic amines) is 1. The topological polar surface area (TPSA) is 73.5 Å². The highest BCUT2D eigenvalue weighted by Crippen LogP contribution is 2.20. The van der Waals surface area contributed by atoms with Gasteiger partial charge in [-0.05, 0) is 63.1 Å². The zero-order chi connectivity index (χ0) is 18.4. The molecule has 0 aromatic heterocycles. The summed E-state index contributed by atoms with van der Waals surface area (Å²) in [6, 6.07) is 7.39. The van der Waals surface area contributed by atoms with Crippen LogP contribution in [-0.2, 0) is 9.59 Å². The Hall–Kier alpha value is -1.92. The van der Waals surface area contributed by atoms with Gasteiger partial charge in [-0.3, -0.25) is 14.5 Å². The number of nitrogens with one attached hydrogen (secondary N) is 3. The molecule has 142 valence electrons. The van der Waals surface area contributed by atoms with Crippen LogP contribution in [-0.4, -0.2) is 49.4 Å². The SMILES string of the molecule is CC(C(=O)Nc1cccc(NC(=O)CN2CCCCCC2)c1)C1CNC1. The van der Waals surface area contributed by atoms with E-state index in [4.69, 9.17) is 0 Å². The Labute approximate surface area is 155 Å². The molecule has 2 amide bonds. The molecule has 2 fully saturated rings. The van der Waals surface area contributed by atoms with Crippen LogP contribution in [0.4, 0.5) is 11.4 Å². The van der Waals surface area contributed by atoms with Gasteiger partial charge in [0.15, 0.2) is 0 Å². The van der Waals surface area contributed by atoms with Crippen molar-refractivity contribution in [3.8, 4) is 0 Å². The second-order valence-corrected chi connectivity index (χ2v) is 7.52. The predicted molar refractivity (Wildman–Crippen MR) is 104 cm³/mol. The van der Waals surface area contributed by atoms with Gasteiger partial charge < -0.3 is 16.0 Å². The average Bonchev–Trinajstić information content (AvgIpc) is 2.82. The van der Waals surface area contributed by atoms with E-state index in [0.717, 1.165) is 37.6 Å². The van der Waals surface area contributed by atoms with E-state index in [9.17, 15) is 9.59 Å². The van der Waals surface area contributed by atoms with Crippen LogP contribution in [0, 0.1) is 11.8 Å². The first-order valence-corrected chi connectivity index (χ1v) is 9.75. The van der Waals surface area contributed by atoms with E-state index in [1.165, 1.54) is 25.7 Å². The predicted octanol–water partition coefficient (Wildman–Crippen LogP) is 2.30. The van der Waals surface area contributed by atoms with Gasteiger partial charge in [0.2, 0.25) is 11.8 Å². The quantitative estimate of drug-likeness (QED) is 0.729. The minimum atomic E-state index is -0.0162. The second kappa shape index (κ2) is 9.14. The van der Waals surface area contributed by atoms with E-state index in [-0.39, 0.29) is 17.7 Å². The molecule has 1 aromatic carbocycles. The molecule has 2 aliphatic rings. The van der Waals surface area contributed by atoms with Gasteiger partial charge in [-0.15, -0.1) is 0 Å². The zero-order valence-corrected chi connectivity index (χ0v) is 15.6. The van der Waals surface area contributed by atoms with E-state index < -0.39 is 0 Å². The van der Waals surface area contributed by atoms with Crippen molar-refractivity contribution in [1.82, 2.24) is 10.2 Å². The Balaban J connectivity index is 1.51. The average molecular weight is 358 g/mol. The molecule has 3 N–H and O–H groups in total. The van der Waals surface area contributed by atoms with Crippen molar-refractivity contribution >= 4 is 23.2 Å². The van der Waals surface area contributed by atoms with Gasteiger partial charge in [0.05, 0.1) is 6.54 Å². The molecule has 2 heterocycles. The van der Waals surface area contributed by atoms with Crippen LogP contribution >= 0.6 is 0 Å². The van der Waals surface area contributed by atoms with E-state index in [2.05, 4.69) is 20.9 Å². The van der Waals surface area contributed by atoms with Crippen molar-refractivity contribution < 1.29 is 9.59 Å². The molecule has 0 aliphatic carbocycles. The summed E-state index contributed by atoms with van der Waals surface area (Å²) in [7, 11) is 0. The van der Waals surface area contributed by atoms with Crippen LogP contribution in [0.1, 0.15) is 32.6 Å². The standard InChI is InChI=1S/C20H30N4O2/c1-15(16-12-21-13-16)20(26)23-18-8-6-7-17(11-18)22-19(25)14-24-9-4-2-3-5-10-24/h6-8,11,15-16,21H,2-5,9-10,12-14H2,1H3,(H,22,25)(H,23,26). The second-order valence-electron chi connectivity index (χ2n) is 7.52. The van der Waals surface area contributed by atoms with Crippen LogP contribution < -0.4 is 16.0 Å². The summed E-state index contributed by atoms with van der Waals surface area (Å²) in [4.78, 5) is 26.9. The van der Waals surface area contributed by atoms with Crippen molar-refractivity contribution in [3.63, 3.8) is 0 Å². The summed E-state index contributed by atoms with van der Waals surface area (Å²) in [5.74, 6) is 0.429. The highest BCUT2D eigenvalue weighted by atomic mass is 16.2. The van der Waals surface area contributed by atoms with E-state index in [1.54, 1.807) is 0 Å². The number of carbonyl (C=O) groups is 2. The maximum absolute atomic E-state index is 12.3. The summed E-state index contributed by atoms with van der Waals surface area (Å²) < 4.78 is 0. The monoisotopic (exact) mass is 358 g/mol. The minimum absolute atomic E-state index is 0.00397. The lowest BCUT2D eigenvalue weighted by Crippen LogP contribution is -2.48. The molecule has 26 heavy (non-hydrogen) atoms. The summed E-state index contributed by atoms with van der Waals surface area (Å²) in [6.45, 7) is 6.20. The van der Waals surface area contributed by atoms with Crippen molar-refractivity contribution in [2.24, 2.45) is 11.8 Å². The maximum atomic E-state index is 12.3. The maximum Gasteiger partial charge on any atom is 0.238 e. The number of anilines is 2. The van der Waals surface area contributed by atoms with Crippen molar-refractivity contribution in [1.29, 1.82) is 0 Å². The molecule has 2 saturated heterocycles. The molecule has 0 spiro atoms. The van der Waals surface area contributed by atoms with Crippen molar-refractivity contribution in [2.75, 3.05) is 43.4 Å². The first-order chi connectivity index (χ1) is 12.6. The number of hydrogen-bond acceptors (Lipinski definition) is 4. The number of rotatable bonds is 6. The molecule has 6 heteroatoms. The first kappa shape index (κ1) is 18.9. The zero-order valence-electron chi connectivity index (χ0n) is 15.6. The molecule has 1 unspecified atom stereocenters. The third-order valence-electron chi connectivity index (χ3n) is 5.41. The Morgan fingerprint density at radius 2 is 1.77 bits per heavy atom. The van der Waals surface area contributed by atoms with Gasteiger partial charge in [-0.1, -0.05) is 25.8 Å². The lowest BCUT2D eigenvalue weighted by atomic mass is 9.88. The lowest BCUT2D eigenvalue weighted by molar-refractivity contribution is -0.121. The molecule has 0 radical (unpaired) electrons. The van der Waals surface area contributed by atoms with Crippen molar-refractivity contribution in [3.05, 3.63) is 24.3 Å². The molecular weight excluding hydrogens is 328 g/mol. The Morgan fingerprint density at radius 1 is 1.12 bits per heavy atom. The van der Waals surface area contributed by atoms with Gasteiger partial charge in [-0.25, -0.2) is 0 Å². The third-order valence-corrected chi connectivity index (χ3v) is 5.41. The van der Waals surface area contributed by atoms with E-state index in [1.807, 2.05) is 31.2 Å². The molecule has 3 rings (SSSR count). The Morgan fingerprint density at radius 3 is 2.38 bits per heavy atom. The van der Waals surface area contributed by atoms with E-state index in [0.29, 0.717) is 12.5 Å². The summed E-state index contributed by atoms with van der Waals surface area (Å²) in [5.41, 5.74) is 1.45. The van der Waals surface area contributed by atoms with Gasteiger partial charge >= 0.3 is 0 Å². The van der Waals surface area contributed by atoms with Crippen LogP contribution in [0.3, 0.4) is 0 Å². The van der Waals surface area contributed by atoms with Crippen LogP contribution in [0.5, 0.6) is 0 Å². The van der Waals surface area contributed by atoms with Gasteiger partial charge in [-0.2, -0.15) is 0 Å². The molecule has 2 aliphatic heterocycles. The van der Waals surface area contributed by atoms with Crippen LogP contribution in [0.25, 0.3) is 0 Å². The molecule has 1 aromatic rings. The van der Waals surface area contributed by atoms with E-state index >= 15 is 0 Å². The Kier molecular flexibility index (Phi) is 6.63. The summed E-state index contributed by atoms with van der Waals surface area (Å²) >= 11 is 0. The largest absolute Gasteiger partial charge is 0.326 e. The number of hydrogen-bond donors (Lipinski definition) is 3. The molecule has 6 nitrogen and oxygen atoms in total. The summed E-state index contributed by atoms with van der Waals surface area (Å²) in [5, 5.41) is 9.12. The highest BCUT2D eigenvalue weighted by Gasteiger charge is 2.28. The third kappa shape index (κ3) is 5.29. The number of carbonyl (C=O) groups excluding carboxylic acids is 2. The minimum Gasteiger partial charge on any atom is -0.326 e. The summed E-state index contributed by atoms with van der Waals surface area (Å²) in [6.07, 6.45) is 4.86. The van der Waals surface area contributed by atoms with Gasteiger partial charge in [0.1, 0.15) is 0 Å². The fourth-order valence-corrected chi connectivity index (χ4v) is 3.51. The molecule has 1 atom stereocenters. The van der Waals surface area contributed by atoms with Crippen molar-refractivity contribution in [2.45, 2.75) is 32.6 Å². The van der Waals surface area contributed by atoms with Gasteiger partial charge in [0.25, 0.3) is 0 Å². The normalized spacial score (nSPS) is 19.9. The number of benzene rings is 1. The van der Waals surface area contributed by atoms with Gasteiger partial charge in [0, 0.05) is 17.3 Å². The highest BCUT2D eigenvalue weighted by molar-refractivity contribution is 5.95. The van der Waals surface area contributed by atoms with Crippen LogP contribution in [0.2, 0.25) is 0 Å². The smallest absolute Gasteiger partial charge is 0.238 e. The Bertz CT molecular complexity index is 622. The number of nitrogens with zero attached hydrogens (tertiary/aromatic N) is 1.